The van der Waals surface area contributed by atoms with Crippen LogP contribution in [-0.2, 0) is 9.84 Å². The first-order valence-corrected chi connectivity index (χ1v) is 8.79. The predicted octanol–water partition coefficient (Wildman–Crippen LogP) is 5.35. The topological polar surface area (TPSA) is 34.1 Å². The first-order valence-electron chi connectivity index (χ1n) is 4.96. The van der Waals surface area contributed by atoms with Gasteiger partial charge < -0.3 is 0 Å². The molecule has 0 amide bonds. The number of sulfone groups is 1. The monoisotopic (exact) mass is 442 g/mol. The van der Waals surface area contributed by atoms with E-state index in [2.05, 4.69) is 31.9 Å². The smallest absolute Gasteiger partial charge is 0.206 e. The summed E-state index contributed by atoms with van der Waals surface area (Å²) >= 11 is 18.2. The third-order valence-corrected chi connectivity index (χ3v) is 5.36. The van der Waals surface area contributed by atoms with Crippen molar-refractivity contribution in [3.05, 3.63) is 55.4 Å². The van der Waals surface area contributed by atoms with E-state index in [1.807, 2.05) is 0 Å². The second kappa shape index (κ2) is 5.74. The molecule has 0 aromatic heterocycles. The second-order valence-electron chi connectivity index (χ2n) is 3.71. The van der Waals surface area contributed by atoms with E-state index in [1.54, 1.807) is 6.07 Å². The Morgan fingerprint density at radius 3 is 1.63 bits per heavy atom. The van der Waals surface area contributed by atoms with Gasteiger partial charge in [-0.3, -0.25) is 0 Å². The van der Waals surface area contributed by atoms with Gasteiger partial charge in [0.25, 0.3) is 0 Å². The van der Waals surface area contributed by atoms with E-state index >= 15 is 0 Å². The van der Waals surface area contributed by atoms with Gasteiger partial charge in [-0.1, -0.05) is 55.1 Å². The molecule has 0 fully saturated rings. The highest BCUT2D eigenvalue weighted by Crippen LogP contribution is 2.30. The van der Waals surface area contributed by atoms with E-state index in [0.29, 0.717) is 8.95 Å². The fraction of sp³-hybridized carbons (Fsp3) is 0. The lowest BCUT2D eigenvalue weighted by molar-refractivity contribution is 0.596. The van der Waals surface area contributed by atoms with Crippen LogP contribution >= 0.6 is 55.1 Å². The highest BCUT2D eigenvalue weighted by atomic mass is 79.9. The average Bonchev–Trinajstić information content (AvgIpc) is 2.26. The minimum absolute atomic E-state index is 0.0648. The standard InChI is InChI=1S/C12H6Br2Cl2O2S/c13-7-1-8(14)3-11(2-7)19(17,18)12-5-9(15)4-10(16)6-12/h1-6H. The largest absolute Gasteiger partial charge is 0.219 e. The summed E-state index contributed by atoms with van der Waals surface area (Å²) in [6.07, 6.45) is 0. The first kappa shape index (κ1) is 15.3. The maximum absolute atomic E-state index is 12.5. The maximum atomic E-state index is 12.5. The Labute approximate surface area is 137 Å². The summed E-state index contributed by atoms with van der Waals surface area (Å²) in [5.41, 5.74) is 0. The van der Waals surface area contributed by atoms with Crippen LogP contribution in [0, 0.1) is 0 Å². The molecule has 19 heavy (non-hydrogen) atoms. The molecule has 0 aliphatic heterocycles. The minimum atomic E-state index is -3.66. The summed E-state index contributed by atoms with van der Waals surface area (Å²) in [6, 6.07) is 9.03. The molecular formula is C12H6Br2Cl2O2S. The molecule has 0 unspecified atom stereocenters. The summed E-state index contributed by atoms with van der Waals surface area (Å²) in [4.78, 5) is 0.224. The zero-order chi connectivity index (χ0) is 14.2. The van der Waals surface area contributed by atoms with Gasteiger partial charge in [0.15, 0.2) is 0 Å². The van der Waals surface area contributed by atoms with Crippen LogP contribution in [0.2, 0.25) is 10.0 Å². The zero-order valence-electron chi connectivity index (χ0n) is 9.20. The van der Waals surface area contributed by atoms with E-state index < -0.39 is 9.84 Å². The lowest BCUT2D eigenvalue weighted by atomic mass is 10.4. The number of hydrogen-bond acceptors (Lipinski definition) is 2. The van der Waals surface area contributed by atoms with Crippen molar-refractivity contribution in [2.24, 2.45) is 0 Å². The quantitative estimate of drug-likeness (QED) is 0.625. The predicted molar refractivity (Wildman–Crippen MR) is 83.8 cm³/mol. The van der Waals surface area contributed by atoms with Crippen LogP contribution in [0.4, 0.5) is 0 Å². The lowest BCUT2D eigenvalue weighted by Crippen LogP contribution is -2.02. The summed E-state index contributed by atoms with van der Waals surface area (Å²) in [5.74, 6) is 0. The average molecular weight is 445 g/mol. The normalized spacial score (nSPS) is 11.6. The molecule has 0 aliphatic carbocycles. The fourth-order valence-electron chi connectivity index (χ4n) is 1.50. The number of hydrogen-bond donors (Lipinski definition) is 0. The van der Waals surface area contributed by atoms with E-state index in [1.165, 1.54) is 30.3 Å². The molecule has 0 atom stereocenters. The van der Waals surface area contributed by atoms with Gasteiger partial charge in [-0.2, -0.15) is 0 Å². The van der Waals surface area contributed by atoms with Crippen molar-refractivity contribution in [2.75, 3.05) is 0 Å². The Morgan fingerprint density at radius 1 is 0.737 bits per heavy atom. The summed E-state index contributed by atoms with van der Waals surface area (Å²) < 4.78 is 26.3. The SMILES string of the molecule is O=S(=O)(c1cc(Cl)cc(Cl)c1)c1cc(Br)cc(Br)c1. The van der Waals surface area contributed by atoms with Gasteiger partial charge in [0.2, 0.25) is 9.84 Å². The van der Waals surface area contributed by atoms with E-state index in [0.717, 1.165) is 0 Å². The van der Waals surface area contributed by atoms with Crippen LogP contribution in [0.25, 0.3) is 0 Å². The lowest BCUT2D eigenvalue weighted by Gasteiger charge is -2.07. The van der Waals surface area contributed by atoms with Crippen molar-refractivity contribution >= 4 is 64.9 Å². The third kappa shape index (κ3) is 3.52. The van der Waals surface area contributed by atoms with Gasteiger partial charge in [0.1, 0.15) is 0 Å². The number of halogens is 4. The van der Waals surface area contributed by atoms with Crippen LogP contribution in [-0.4, -0.2) is 8.42 Å². The molecule has 0 saturated heterocycles. The van der Waals surface area contributed by atoms with E-state index in [9.17, 15) is 8.42 Å². The molecular weight excluding hydrogens is 439 g/mol. The van der Waals surface area contributed by atoms with Crippen molar-refractivity contribution < 1.29 is 8.42 Å². The van der Waals surface area contributed by atoms with E-state index in [4.69, 9.17) is 23.2 Å². The Morgan fingerprint density at radius 2 is 1.16 bits per heavy atom. The van der Waals surface area contributed by atoms with Gasteiger partial charge in [-0.05, 0) is 36.4 Å². The van der Waals surface area contributed by atoms with Crippen molar-refractivity contribution in [3.8, 4) is 0 Å². The van der Waals surface area contributed by atoms with Gasteiger partial charge in [-0.25, -0.2) is 8.42 Å². The van der Waals surface area contributed by atoms with Crippen molar-refractivity contribution in [2.45, 2.75) is 9.79 Å². The summed E-state index contributed by atoms with van der Waals surface area (Å²) in [6.45, 7) is 0. The molecule has 7 heteroatoms. The Kier molecular flexibility index (Phi) is 4.63. The molecule has 0 N–H and O–H groups in total. The molecule has 2 rings (SSSR count). The zero-order valence-corrected chi connectivity index (χ0v) is 14.7. The first-order chi connectivity index (χ1) is 8.79. The van der Waals surface area contributed by atoms with Gasteiger partial charge >= 0.3 is 0 Å². The molecule has 2 aromatic carbocycles. The van der Waals surface area contributed by atoms with E-state index in [-0.39, 0.29) is 19.8 Å². The molecule has 2 aromatic rings. The van der Waals surface area contributed by atoms with Gasteiger partial charge in [-0.15, -0.1) is 0 Å². The molecule has 0 heterocycles. The number of rotatable bonds is 2. The van der Waals surface area contributed by atoms with Crippen LogP contribution in [0.1, 0.15) is 0 Å². The molecule has 0 aliphatic rings. The van der Waals surface area contributed by atoms with Crippen LogP contribution in [0.15, 0.2) is 55.1 Å². The molecule has 0 saturated carbocycles. The molecule has 0 radical (unpaired) electrons. The Balaban J connectivity index is 2.65. The van der Waals surface area contributed by atoms with Crippen molar-refractivity contribution in [3.63, 3.8) is 0 Å². The van der Waals surface area contributed by atoms with Gasteiger partial charge in [0, 0.05) is 19.0 Å². The highest BCUT2D eigenvalue weighted by molar-refractivity contribution is 9.11. The summed E-state index contributed by atoms with van der Waals surface area (Å²) in [5, 5.41) is 0.556. The third-order valence-electron chi connectivity index (χ3n) is 2.29. The van der Waals surface area contributed by atoms with Crippen LogP contribution in [0.3, 0.4) is 0 Å². The minimum Gasteiger partial charge on any atom is -0.219 e. The molecule has 2 nitrogen and oxygen atoms in total. The van der Waals surface area contributed by atoms with Crippen molar-refractivity contribution in [1.29, 1.82) is 0 Å². The second-order valence-corrected chi connectivity index (χ2v) is 8.37. The molecule has 100 valence electrons. The molecule has 0 bridgehead atoms. The fourth-order valence-corrected chi connectivity index (χ4v) is 5.16. The van der Waals surface area contributed by atoms with Crippen LogP contribution in [0.5, 0.6) is 0 Å². The van der Waals surface area contributed by atoms with Gasteiger partial charge in [0.05, 0.1) is 9.79 Å². The highest BCUT2D eigenvalue weighted by Gasteiger charge is 2.19. The number of benzene rings is 2. The Hall–Kier alpha value is -0.0700. The maximum Gasteiger partial charge on any atom is 0.206 e. The van der Waals surface area contributed by atoms with Crippen molar-refractivity contribution in [1.82, 2.24) is 0 Å². The van der Waals surface area contributed by atoms with Crippen LogP contribution < -0.4 is 0 Å². The molecule has 0 spiro atoms. The summed E-state index contributed by atoms with van der Waals surface area (Å²) in [7, 11) is -3.66. The Bertz CT molecular complexity index is 647.